The van der Waals surface area contributed by atoms with Gasteiger partial charge in [-0.1, -0.05) is 18.2 Å². The number of hydrogen-bond acceptors (Lipinski definition) is 9. The van der Waals surface area contributed by atoms with Gasteiger partial charge in [0.15, 0.2) is 0 Å². The molecule has 0 saturated carbocycles. The quantitative estimate of drug-likeness (QED) is 0.165. The summed E-state index contributed by atoms with van der Waals surface area (Å²) >= 11 is 0. The van der Waals surface area contributed by atoms with Crippen molar-refractivity contribution in [3.05, 3.63) is 94.3 Å². The third kappa shape index (κ3) is 6.23. The first kappa shape index (κ1) is 27.5. The third-order valence-electron chi connectivity index (χ3n) is 7.11. The van der Waals surface area contributed by atoms with E-state index in [1.807, 2.05) is 37.3 Å². The first-order valence-electron chi connectivity index (χ1n) is 13.0. The zero-order valence-electron chi connectivity index (χ0n) is 22.2. The maximum Gasteiger partial charge on any atom is 0.287 e. The van der Waals surface area contributed by atoms with Gasteiger partial charge in [0.2, 0.25) is 11.8 Å². The van der Waals surface area contributed by atoms with Crippen LogP contribution in [0.5, 0.6) is 5.75 Å². The van der Waals surface area contributed by atoms with Crippen molar-refractivity contribution in [2.24, 2.45) is 11.8 Å². The highest BCUT2D eigenvalue weighted by molar-refractivity contribution is 5.96. The van der Waals surface area contributed by atoms with Gasteiger partial charge in [-0.2, -0.15) is 0 Å². The largest absolute Gasteiger partial charge is 0.489 e. The maximum atomic E-state index is 13.2. The van der Waals surface area contributed by atoms with Crippen molar-refractivity contribution < 1.29 is 24.5 Å². The molecule has 0 aliphatic carbocycles. The minimum Gasteiger partial charge on any atom is -0.489 e. The van der Waals surface area contributed by atoms with Gasteiger partial charge in [0.25, 0.3) is 5.69 Å². The molecule has 0 radical (unpaired) electrons. The number of pyridine rings is 2. The normalized spacial score (nSPS) is 16.7. The predicted molar refractivity (Wildman–Crippen MR) is 151 cm³/mol. The van der Waals surface area contributed by atoms with Crippen LogP contribution >= 0.6 is 0 Å². The minimum atomic E-state index is -0.869. The molecule has 210 valence electrons. The molecule has 1 fully saturated rings. The van der Waals surface area contributed by atoms with E-state index in [0.717, 1.165) is 28.4 Å². The fourth-order valence-corrected chi connectivity index (χ4v) is 5.04. The number of aromatic nitrogens is 2. The molecule has 41 heavy (non-hydrogen) atoms. The van der Waals surface area contributed by atoms with Gasteiger partial charge >= 0.3 is 0 Å². The number of fused-ring (bicyclic) bond motifs is 1. The molecule has 1 aliphatic rings. The molecular formula is C29H28N6O6. The second-order valence-corrected chi connectivity index (χ2v) is 9.80. The van der Waals surface area contributed by atoms with Gasteiger partial charge in [0.1, 0.15) is 24.4 Å². The van der Waals surface area contributed by atoms with Crippen LogP contribution in [0.4, 0.5) is 17.2 Å². The van der Waals surface area contributed by atoms with Crippen LogP contribution in [0.15, 0.2) is 72.9 Å². The first-order chi connectivity index (χ1) is 19.8. The monoisotopic (exact) mass is 556 g/mol. The lowest BCUT2D eigenvalue weighted by atomic mass is 9.84. The zero-order chi connectivity index (χ0) is 28.9. The number of aryl methyl sites for hydroxylation is 1. The summed E-state index contributed by atoms with van der Waals surface area (Å²) in [5, 5.41) is 24.1. The first-order valence-corrected chi connectivity index (χ1v) is 13.0. The Morgan fingerprint density at radius 2 is 1.88 bits per heavy atom. The molecule has 1 saturated heterocycles. The van der Waals surface area contributed by atoms with E-state index in [1.54, 1.807) is 34.6 Å². The second-order valence-electron chi connectivity index (χ2n) is 9.80. The van der Waals surface area contributed by atoms with E-state index in [1.165, 1.54) is 12.1 Å². The Kier molecular flexibility index (Phi) is 8.01. The van der Waals surface area contributed by atoms with Crippen molar-refractivity contribution in [2.45, 2.75) is 20.0 Å². The Hall–Kier alpha value is -5.10. The molecule has 0 bridgehead atoms. The van der Waals surface area contributed by atoms with Crippen LogP contribution in [0.25, 0.3) is 10.9 Å². The Bertz CT molecular complexity index is 1580. The number of anilines is 2. The number of hydrogen-bond donors (Lipinski definition) is 3. The van der Waals surface area contributed by atoms with Crippen LogP contribution in [0, 0.1) is 28.9 Å². The number of nitrogens with zero attached hydrogens (tertiary/aromatic N) is 4. The second kappa shape index (κ2) is 12.0. The molecule has 5 rings (SSSR count). The fourth-order valence-electron chi connectivity index (χ4n) is 5.04. The van der Waals surface area contributed by atoms with Gasteiger partial charge in [0.05, 0.1) is 22.3 Å². The topological polar surface area (TPSA) is 160 Å². The number of piperidine rings is 1. The minimum absolute atomic E-state index is 0.102. The Balaban J connectivity index is 1.22. The summed E-state index contributed by atoms with van der Waals surface area (Å²) < 4.78 is 6.00. The van der Waals surface area contributed by atoms with Crippen LogP contribution < -0.4 is 20.4 Å². The fraction of sp³-hybridized carbons (Fsp3) is 0.241. The number of carbonyl (C=O) groups is 2. The summed E-state index contributed by atoms with van der Waals surface area (Å²) in [6.45, 7) is 2.80. The Morgan fingerprint density at radius 3 is 2.59 bits per heavy atom. The summed E-state index contributed by atoms with van der Waals surface area (Å²) in [5.74, 6) is -1.57. The average Bonchev–Trinajstić information content (AvgIpc) is 2.99. The molecule has 2 aromatic carbocycles. The molecule has 2 aromatic heterocycles. The Labute approximate surface area is 235 Å². The zero-order valence-corrected chi connectivity index (χ0v) is 22.2. The van der Waals surface area contributed by atoms with Crippen LogP contribution in [0.2, 0.25) is 0 Å². The summed E-state index contributed by atoms with van der Waals surface area (Å²) in [6.07, 6.45) is 1.45. The van der Waals surface area contributed by atoms with E-state index >= 15 is 0 Å². The standard InChI is InChI=1S/C29H28N6O6/c1-18-14-19(23-4-2-3-5-26(23)31-18)17-41-22-9-6-20(7-10-22)32-28(36)24-12-13-34(16-25(24)29(37)33-38)27-11-8-21(15-30-27)35(39)40/h2-11,14-15,24-25,38H,12-13,16-17H2,1H3,(H,32,36)(H,33,37)/t24-,25-/m0/s1. The number of hydroxylamine groups is 1. The highest BCUT2D eigenvalue weighted by Crippen LogP contribution is 2.29. The number of ether oxygens (including phenoxy) is 1. The van der Waals surface area contributed by atoms with Crippen molar-refractivity contribution in [1.82, 2.24) is 15.4 Å². The van der Waals surface area contributed by atoms with Gasteiger partial charge in [0, 0.05) is 41.5 Å². The Morgan fingerprint density at radius 1 is 1.10 bits per heavy atom. The molecule has 0 spiro atoms. The van der Waals surface area contributed by atoms with Gasteiger partial charge in [-0.15, -0.1) is 0 Å². The van der Waals surface area contributed by atoms with Gasteiger partial charge in [-0.25, -0.2) is 10.5 Å². The molecule has 2 amide bonds. The summed E-state index contributed by atoms with van der Waals surface area (Å²) in [7, 11) is 0. The average molecular weight is 557 g/mol. The van der Waals surface area contributed by atoms with Crippen molar-refractivity contribution >= 4 is 39.9 Å². The van der Waals surface area contributed by atoms with E-state index < -0.39 is 22.7 Å². The van der Waals surface area contributed by atoms with Crippen molar-refractivity contribution in [2.75, 3.05) is 23.3 Å². The van der Waals surface area contributed by atoms with Crippen LogP contribution in [0.3, 0.4) is 0 Å². The predicted octanol–water partition coefficient (Wildman–Crippen LogP) is 4.01. The van der Waals surface area contributed by atoms with E-state index in [0.29, 0.717) is 36.8 Å². The molecule has 0 unspecified atom stereocenters. The van der Waals surface area contributed by atoms with E-state index in [-0.39, 0.29) is 18.1 Å². The number of amides is 2. The summed E-state index contributed by atoms with van der Waals surface area (Å²) in [5.41, 5.74) is 4.88. The SMILES string of the molecule is Cc1cc(COc2ccc(NC(=O)[C@H]3CCN(c4ccc([N+](=O)[O-])cn4)C[C@@H]3C(=O)NO)cc2)c2ccccc2n1. The third-order valence-corrected chi connectivity index (χ3v) is 7.11. The molecule has 3 heterocycles. The van der Waals surface area contributed by atoms with Gasteiger partial charge in [-0.3, -0.25) is 29.9 Å². The smallest absolute Gasteiger partial charge is 0.287 e. The number of para-hydroxylation sites is 1. The lowest BCUT2D eigenvalue weighted by Crippen LogP contribution is -2.50. The summed E-state index contributed by atoms with van der Waals surface area (Å²) in [6, 6.07) is 19.7. The highest BCUT2D eigenvalue weighted by Gasteiger charge is 2.39. The molecule has 2 atom stereocenters. The van der Waals surface area contributed by atoms with Crippen molar-refractivity contribution in [3.63, 3.8) is 0 Å². The number of benzene rings is 2. The molecule has 4 aromatic rings. The molecular weight excluding hydrogens is 528 g/mol. The number of rotatable bonds is 8. The maximum absolute atomic E-state index is 13.2. The van der Waals surface area contributed by atoms with Crippen LogP contribution in [0.1, 0.15) is 17.7 Å². The summed E-state index contributed by atoms with van der Waals surface area (Å²) in [4.78, 5) is 46.5. The molecule has 12 heteroatoms. The van der Waals surface area contributed by atoms with Crippen LogP contribution in [-0.2, 0) is 16.2 Å². The van der Waals surface area contributed by atoms with Crippen molar-refractivity contribution in [3.8, 4) is 5.75 Å². The van der Waals surface area contributed by atoms with E-state index in [9.17, 15) is 24.9 Å². The molecule has 1 aliphatic heterocycles. The number of nitrogens with one attached hydrogen (secondary N) is 2. The lowest BCUT2D eigenvalue weighted by Gasteiger charge is -2.37. The molecule has 3 N–H and O–H groups in total. The highest BCUT2D eigenvalue weighted by atomic mass is 16.6. The molecule has 12 nitrogen and oxygen atoms in total. The van der Waals surface area contributed by atoms with E-state index in [4.69, 9.17) is 4.74 Å². The van der Waals surface area contributed by atoms with Gasteiger partial charge < -0.3 is 15.0 Å². The number of carbonyl (C=O) groups excluding carboxylic acids is 2. The van der Waals surface area contributed by atoms with Gasteiger partial charge in [-0.05, 0) is 55.8 Å². The van der Waals surface area contributed by atoms with Crippen molar-refractivity contribution in [1.29, 1.82) is 0 Å². The lowest BCUT2D eigenvalue weighted by molar-refractivity contribution is -0.385. The number of nitro groups is 1. The van der Waals surface area contributed by atoms with Crippen LogP contribution in [-0.4, -0.2) is 45.0 Å². The van der Waals surface area contributed by atoms with E-state index in [2.05, 4.69) is 15.3 Å².